The maximum absolute atomic E-state index is 11.0. The summed E-state index contributed by atoms with van der Waals surface area (Å²) >= 11 is 0. The molecule has 0 aliphatic heterocycles. The van der Waals surface area contributed by atoms with Gasteiger partial charge in [0.2, 0.25) is 0 Å². The molecule has 0 aliphatic carbocycles. The first-order valence-electron chi connectivity index (χ1n) is 4.82. The van der Waals surface area contributed by atoms with Crippen LogP contribution in [0.15, 0.2) is 0 Å². The molecule has 0 fully saturated rings. The third kappa shape index (κ3) is 7.58. The molecule has 82 valence electrons. The molecule has 0 spiro atoms. The van der Waals surface area contributed by atoms with Gasteiger partial charge in [0.15, 0.2) is 0 Å². The van der Waals surface area contributed by atoms with Crippen molar-refractivity contribution in [2.24, 2.45) is 0 Å². The topological polar surface area (TPSA) is 52.6 Å². The molecule has 14 heavy (non-hydrogen) atoms. The van der Waals surface area contributed by atoms with Crippen LogP contribution < -0.4 is 0 Å². The van der Waals surface area contributed by atoms with Crippen molar-refractivity contribution < 1.29 is 19.1 Å². The maximum atomic E-state index is 11.0. The van der Waals surface area contributed by atoms with Gasteiger partial charge in [0.1, 0.15) is 0 Å². The zero-order chi connectivity index (χ0) is 11.0. The molecular formula is C10H18O4. The fraction of sp³-hybridized carbons (Fsp3) is 0.800. The van der Waals surface area contributed by atoms with Gasteiger partial charge < -0.3 is 9.47 Å². The van der Waals surface area contributed by atoms with Gasteiger partial charge in [-0.25, -0.2) is 0 Å². The first kappa shape index (κ1) is 12.9. The Morgan fingerprint density at radius 1 is 1.07 bits per heavy atom. The standard InChI is InChI=1S/C10H18O4/c1-8(2)14-10(12)7-5-4-6-9(11)13-3/h8H,4-7H2,1-3H3. The summed E-state index contributed by atoms with van der Waals surface area (Å²) in [6, 6.07) is 0. The van der Waals surface area contributed by atoms with Crippen molar-refractivity contribution in [1.29, 1.82) is 0 Å². The fourth-order valence-electron chi connectivity index (χ4n) is 0.963. The van der Waals surface area contributed by atoms with Gasteiger partial charge in [-0.3, -0.25) is 9.59 Å². The van der Waals surface area contributed by atoms with Gasteiger partial charge in [-0.05, 0) is 26.7 Å². The van der Waals surface area contributed by atoms with E-state index in [-0.39, 0.29) is 18.0 Å². The number of unbranched alkanes of at least 4 members (excludes halogenated alkanes) is 1. The van der Waals surface area contributed by atoms with Crippen LogP contribution in [0.5, 0.6) is 0 Å². The zero-order valence-corrected chi connectivity index (χ0v) is 9.04. The SMILES string of the molecule is COC(=O)CCCCC(=O)OC(C)C. The molecule has 0 bridgehead atoms. The summed E-state index contributed by atoms with van der Waals surface area (Å²) in [5.74, 6) is -0.438. The summed E-state index contributed by atoms with van der Waals surface area (Å²) in [6.45, 7) is 3.62. The Kier molecular flexibility index (Phi) is 6.80. The third-order valence-corrected chi connectivity index (χ3v) is 1.61. The lowest BCUT2D eigenvalue weighted by Crippen LogP contribution is -2.11. The van der Waals surface area contributed by atoms with E-state index in [4.69, 9.17) is 4.74 Å². The Morgan fingerprint density at radius 2 is 1.57 bits per heavy atom. The molecule has 0 unspecified atom stereocenters. The lowest BCUT2D eigenvalue weighted by molar-refractivity contribution is -0.148. The molecule has 0 heterocycles. The van der Waals surface area contributed by atoms with Crippen molar-refractivity contribution in [1.82, 2.24) is 0 Å². The summed E-state index contributed by atoms with van der Waals surface area (Å²) < 4.78 is 9.40. The molecular weight excluding hydrogens is 184 g/mol. The van der Waals surface area contributed by atoms with Gasteiger partial charge in [-0.2, -0.15) is 0 Å². The summed E-state index contributed by atoms with van der Waals surface area (Å²) in [5, 5.41) is 0. The fourth-order valence-corrected chi connectivity index (χ4v) is 0.963. The van der Waals surface area contributed by atoms with Crippen molar-refractivity contribution in [2.75, 3.05) is 7.11 Å². The van der Waals surface area contributed by atoms with Gasteiger partial charge in [-0.1, -0.05) is 0 Å². The van der Waals surface area contributed by atoms with Crippen LogP contribution in [-0.2, 0) is 19.1 Å². The Labute approximate surface area is 84.6 Å². The van der Waals surface area contributed by atoms with E-state index in [1.807, 2.05) is 13.8 Å². The number of carbonyl (C=O) groups excluding carboxylic acids is 2. The smallest absolute Gasteiger partial charge is 0.306 e. The van der Waals surface area contributed by atoms with Crippen LogP contribution >= 0.6 is 0 Å². The van der Waals surface area contributed by atoms with Crippen LogP contribution in [0.3, 0.4) is 0 Å². The van der Waals surface area contributed by atoms with E-state index >= 15 is 0 Å². The van der Waals surface area contributed by atoms with Crippen LogP contribution in [-0.4, -0.2) is 25.2 Å². The van der Waals surface area contributed by atoms with Crippen molar-refractivity contribution in [3.05, 3.63) is 0 Å². The molecule has 0 aliphatic rings. The number of hydrogen-bond donors (Lipinski definition) is 0. The predicted molar refractivity (Wildman–Crippen MR) is 51.7 cm³/mol. The molecule has 0 amide bonds. The molecule has 0 radical (unpaired) electrons. The van der Waals surface area contributed by atoms with Crippen LogP contribution in [0, 0.1) is 0 Å². The molecule has 4 heteroatoms. The van der Waals surface area contributed by atoms with E-state index in [1.165, 1.54) is 7.11 Å². The molecule has 0 saturated carbocycles. The summed E-state index contributed by atoms with van der Waals surface area (Å²) in [4.78, 5) is 21.7. The van der Waals surface area contributed by atoms with Crippen molar-refractivity contribution in [2.45, 2.75) is 45.6 Å². The quantitative estimate of drug-likeness (QED) is 0.485. The number of hydrogen-bond acceptors (Lipinski definition) is 4. The minimum Gasteiger partial charge on any atom is -0.469 e. The van der Waals surface area contributed by atoms with Crippen LogP contribution in [0.1, 0.15) is 39.5 Å². The van der Waals surface area contributed by atoms with Crippen LogP contribution in [0.4, 0.5) is 0 Å². The van der Waals surface area contributed by atoms with E-state index in [0.717, 1.165) is 0 Å². The summed E-state index contributed by atoms with van der Waals surface area (Å²) in [6.07, 6.45) is 2.00. The highest BCUT2D eigenvalue weighted by Crippen LogP contribution is 2.03. The lowest BCUT2D eigenvalue weighted by Gasteiger charge is -2.06. The van der Waals surface area contributed by atoms with Gasteiger partial charge >= 0.3 is 11.9 Å². The normalized spacial score (nSPS) is 10.0. The van der Waals surface area contributed by atoms with Gasteiger partial charge in [0, 0.05) is 12.8 Å². The second kappa shape index (κ2) is 7.35. The van der Waals surface area contributed by atoms with Gasteiger partial charge in [0.05, 0.1) is 13.2 Å². The second-order valence-electron chi connectivity index (χ2n) is 3.32. The highest BCUT2D eigenvalue weighted by Gasteiger charge is 2.06. The number of ether oxygens (including phenoxy) is 2. The van der Waals surface area contributed by atoms with E-state index in [1.54, 1.807) is 0 Å². The van der Waals surface area contributed by atoms with E-state index in [9.17, 15) is 9.59 Å². The Bertz CT molecular complexity index is 187. The monoisotopic (exact) mass is 202 g/mol. The summed E-state index contributed by atoms with van der Waals surface area (Å²) in [7, 11) is 1.36. The highest BCUT2D eigenvalue weighted by molar-refractivity contribution is 5.70. The Hall–Kier alpha value is -1.06. The number of esters is 2. The zero-order valence-electron chi connectivity index (χ0n) is 9.04. The first-order valence-corrected chi connectivity index (χ1v) is 4.82. The van der Waals surface area contributed by atoms with E-state index in [0.29, 0.717) is 25.7 Å². The highest BCUT2D eigenvalue weighted by atomic mass is 16.5. The number of rotatable bonds is 6. The molecule has 0 aromatic rings. The first-order chi connectivity index (χ1) is 6.56. The van der Waals surface area contributed by atoms with Gasteiger partial charge in [-0.15, -0.1) is 0 Å². The molecule has 0 aromatic carbocycles. The molecule has 0 rings (SSSR count). The molecule has 0 N–H and O–H groups in total. The summed E-state index contributed by atoms with van der Waals surface area (Å²) in [5.41, 5.74) is 0. The number of methoxy groups -OCH3 is 1. The van der Waals surface area contributed by atoms with Crippen molar-refractivity contribution in [3.63, 3.8) is 0 Å². The van der Waals surface area contributed by atoms with Crippen LogP contribution in [0.25, 0.3) is 0 Å². The Morgan fingerprint density at radius 3 is 2.00 bits per heavy atom. The predicted octanol–water partition coefficient (Wildman–Crippen LogP) is 1.67. The van der Waals surface area contributed by atoms with Gasteiger partial charge in [0.25, 0.3) is 0 Å². The van der Waals surface area contributed by atoms with Crippen molar-refractivity contribution >= 4 is 11.9 Å². The third-order valence-electron chi connectivity index (χ3n) is 1.61. The molecule has 0 aromatic heterocycles. The Balaban J connectivity index is 3.36. The average Bonchev–Trinajstić information content (AvgIpc) is 2.10. The minimum absolute atomic E-state index is 0.0666. The van der Waals surface area contributed by atoms with E-state index in [2.05, 4.69) is 4.74 Å². The largest absolute Gasteiger partial charge is 0.469 e. The van der Waals surface area contributed by atoms with Crippen LogP contribution in [0.2, 0.25) is 0 Å². The van der Waals surface area contributed by atoms with Crippen molar-refractivity contribution in [3.8, 4) is 0 Å². The minimum atomic E-state index is -0.234. The maximum Gasteiger partial charge on any atom is 0.306 e. The molecule has 0 saturated heterocycles. The molecule has 0 atom stereocenters. The van der Waals surface area contributed by atoms with E-state index < -0.39 is 0 Å². The lowest BCUT2D eigenvalue weighted by atomic mass is 10.2. The average molecular weight is 202 g/mol. The molecule has 4 nitrogen and oxygen atoms in total. The second-order valence-corrected chi connectivity index (χ2v) is 3.32. The number of carbonyl (C=O) groups is 2.